The molecule has 3 fully saturated rings. The van der Waals surface area contributed by atoms with Crippen molar-refractivity contribution < 1.29 is 4.79 Å². The first kappa shape index (κ1) is 17.5. The molecule has 4 rings (SSSR count). The molecule has 0 radical (unpaired) electrons. The van der Waals surface area contributed by atoms with Gasteiger partial charge in [0.2, 0.25) is 5.91 Å². The van der Waals surface area contributed by atoms with Crippen LogP contribution in [-0.2, 0) is 11.3 Å². The SMILES string of the molecule is Cc1ccc(CN2CCC(N3CCCC(C(=O)NC4CC4)C3)CC2)s1. The smallest absolute Gasteiger partial charge is 0.224 e. The summed E-state index contributed by atoms with van der Waals surface area (Å²) >= 11 is 1.93. The fraction of sp³-hybridized carbons (Fsp3) is 0.750. The molecule has 0 aromatic carbocycles. The minimum Gasteiger partial charge on any atom is -0.353 e. The van der Waals surface area contributed by atoms with Crippen LogP contribution in [0.3, 0.4) is 0 Å². The van der Waals surface area contributed by atoms with E-state index in [2.05, 4.69) is 34.2 Å². The Kier molecular flexibility index (Phi) is 5.44. The Balaban J connectivity index is 1.24. The van der Waals surface area contributed by atoms with Crippen molar-refractivity contribution in [1.29, 1.82) is 0 Å². The summed E-state index contributed by atoms with van der Waals surface area (Å²) in [5, 5.41) is 3.21. The summed E-state index contributed by atoms with van der Waals surface area (Å²) in [5.74, 6) is 0.541. The summed E-state index contributed by atoms with van der Waals surface area (Å²) in [6, 6.07) is 5.68. The maximum atomic E-state index is 12.4. The first-order chi connectivity index (χ1) is 12.2. The Labute approximate surface area is 155 Å². The summed E-state index contributed by atoms with van der Waals surface area (Å²) in [7, 11) is 0. The van der Waals surface area contributed by atoms with Gasteiger partial charge in [-0.2, -0.15) is 0 Å². The number of hydrogen-bond acceptors (Lipinski definition) is 4. The summed E-state index contributed by atoms with van der Waals surface area (Å²) in [6.07, 6.45) is 7.13. The minimum atomic E-state index is 0.224. The van der Waals surface area contributed by atoms with Gasteiger partial charge < -0.3 is 5.32 Å². The first-order valence-electron chi connectivity index (χ1n) is 9.99. The Morgan fingerprint density at radius 1 is 1.16 bits per heavy atom. The Bertz CT molecular complexity index is 590. The number of rotatable bonds is 5. The number of thiophene rings is 1. The van der Waals surface area contributed by atoms with E-state index < -0.39 is 0 Å². The van der Waals surface area contributed by atoms with Crippen molar-refractivity contribution in [3.8, 4) is 0 Å². The number of nitrogens with one attached hydrogen (secondary N) is 1. The highest BCUT2D eigenvalue weighted by atomic mass is 32.1. The summed E-state index contributed by atoms with van der Waals surface area (Å²) in [6.45, 7) is 7.84. The average Bonchev–Trinajstić information content (AvgIpc) is 3.35. The van der Waals surface area contributed by atoms with Crippen LogP contribution < -0.4 is 5.32 Å². The van der Waals surface area contributed by atoms with E-state index in [0.29, 0.717) is 18.0 Å². The van der Waals surface area contributed by atoms with Gasteiger partial charge in [0, 0.05) is 48.0 Å². The van der Waals surface area contributed by atoms with Crippen LogP contribution in [0.1, 0.15) is 48.3 Å². The van der Waals surface area contributed by atoms with Gasteiger partial charge in [-0.15, -0.1) is 11.3 Å². The van der Waals surface area contributed by atoms with Crippen LogP contribution in [0.25, 0.3) is 0 Å². The second-order valence-electron chi connectivity index (χ2n) is 8.14. The molecule has 0 spiro atoms. The van der Waals surface area contributed by atoms with Gasteiger partial charge in [0.15, 0.2) is 0 Å². The van der Waals surface area contributed by atoms with Crippen molar-refractivity contribution in [2.45, 2.75) is 64.1 Å². The number of nitrogens with zero attached hydrogens (tertiary/aromatic N) is 2. The number of aryl methyl sites for hydroxylation is 1. The maximum absolute atomic E-state index is 12.4. The molecule has 5 heteroatoms. The number of carbonyl (C=O) groups excluding carboxylic acids is 1. The molecule has 1 aromatic rings. The van der Waals surface area contributed by atoms with Gasteiger partial charge in [0.1, 0.15) is 0 Å². The molecule has 1 aliphatic carbocycles. The van der Waals surface area contributed by atoms with E-state index in [4.69, 9.17) is 0 Å². The molecule has 2 aliphatic heterocycles. The number of piperidine rings is 2. The zero-order valence-corrected chi connectivity index (χ0v) is 16.2. The zero-order chi connectivity index (χ0) is 17.2. The molecule has 4 nitrogen and oxygen atoms in total. The van der Waals surface area contributed by atoms with Gasteiger partial charge >= 0.3 is 0 Å². The molecule has 138 valence electrons. The minimum absolute atomic E-state index is 0.224. The number of amides is 1. The summed E-state index contributed by atoms with van der Waals surface area (Å²) < 4.78 is 0. The lowest BCUT2D eigenvalue weighted by molar-refractivity contribution is -0.127. The van der Waals surface area contributed by atoms with E-state index in [1.807, 2.05) is 11.3 Å². The highest BCUT2D eigenvalue weighted by molar-refractivity contribution is 7.11. The van der Waals surface area contributed by atoms with Gasteiger partial charge in [0.05, 0.1) is 5.92 Å². The van der Waals surface area contributed by atoms with Crippen LogP contribution in [-0.4, -0.2) is 54.0 Å². The second-order valence-corrected chi connectivity index (χ2v) is 9.51. The monoisotopic (exact) mass is 361 g/mol. The van der Waals surface area contributed by atoms with E-state index in [1.165, 1.54) is 61.5 Å². The van der Waals surface area contributed by atoms with E-state index >= 15 is 0 Å². The second kappa shape index (κ2) is 7.77. The van der Waals surface area contributed by atoms with Crippen LogP contribution in [0.4, 0.5) is 0 Å². The van der Waals surface area contributed by atoms with Crippen molar-refractivity contribution in [1.82, 2.24) is 15.1 Å². The van der Waals surface area contributed by atoms with Gasteiger partial charge in [-0.25, -0.2) is 0 Å². The molecule has 1 unspecified atom stereocenters. The highest BCUT2D eigenvalue weighted by Gasteiger charge is 2.33. The third kappa shape index (κ3) is 4.63. The molecule has 1 N–H and O–H groups in total. The molecule has 2 saturated heterocycles. The van der Waals surface area contributed by atoms with Crippen molar-refractivity contribution in [2.75, 3.05) is 26.2 Å². The van der Waals surface area contributed by atoms with E-state index in [-0.39, 0.29) is 5.92 Å². The normalized spacial score (nSPS) is 26.7. The Morgan fingerprint density at radius 3 is 2.64 bits per heavy atom. The standard InChI is InChI=1S/C20H31N3OS/c1-15-4-7-19(25-15)14-22-11-8-18(9-12-22)23-10-2-3-16(13-23)20(24)21-17-5-6-17/h4,7,16-18H,2-3,5-6,8-14H2,1H3,(H,21,24). The van der Waals surface area contributed by atoms with Crippen LogP contribution in [0, 0.1) is 12.8 Å². The molecule has 25 heavy (non-hydrogen) atoms. The molecule has 0 bridgehead atoms. The van der Waals surface area contributed by atoms with Gasteiger partial charge in [-0.3, -0.25) is 14.6 Å². The molecule has 1 aromatic heterocycles. The topological polar surface area (TPSA) is 35.6 Å². The lowest BCUT2D eigenvalue weighted by Crippen LogP contribution is -2.50. The Hall–Kier alpha value is -0.910. The Morgan fingerprint density at radius 2 is 1.96 bits per heavy atom. The van der Waals surface area contributed by atoms with E-state index in [0.717, 1.165) is 19.5 Å². The predicted molar refractivity (Wildman–Crippen MR) is 103 cm³/mol. The number of hydrogen-bond donors (Lipinski definition) is 1. The lowest BCUT2D eigenvalue weighted by atomic mass is 9.93. The predicted octanol–water partition coefficient (Wildman–Crippen LogP) is 3.01. The van der Waals surface area contributed by atoms with Gasteiger partial charge in [0.25, 0.3) is 0 Å². The van der Waals surface area contributed by atoms with E-state index in [9.17, 15) is 4.79 Å². The quantitative estimate of drug-likeness (QED) is 0.876. The van der Waals surface area contributed by atoms with Crippen molar-refractivity contribution in [2.24, 2.45) is 5.92 Å². The highest BCUT2D eigenvalue weighted by Crippen LogP contribution is 2.27. The number of likely N-dealkylation sites (tertiary alicyclic amines) is 2. The zero-order valence-electron chi connectivity index (χ0n) is 15.4. The van der Waals surface area contributed by atoms with Crippen molar-refractivity contribution >= 4 is 17.2 Å². The number of carbonyl (C=O) groups is 1. The average molecular weight is 362 g/mol. The van der Waals surface area contributed by atoms with Gasteiger partial charge in [-0.05, 0) is 64.1 Å². The van der Waals surface area contributed by atoms with Gasteiger partial charge in [-0.1, -0.05) is 0 Å². The molecule has 1 saturated carbocycles. The summed E-state index contributed by atoms with van der Waals surface area (Å²) in [5.41, 5.74) is 0. The van der Waals surface area contributed by atoms with Crippen molar-refractivity contribution in [3.63, 3.8) is 0 Å². The van der Waals surface area contributed by atoms with Crippen LogP contribution in [0.15, 0.2) is 12.1 Å². The third-order valence-electron chi connectivity index (χ3n) is 6.00. The fourth-order valence-corrected chi connectivity index (χ4v) is 5.26. The van der Waals surface area contributed by atoms with Crippen LogP contribution >= 0.6 is 11.3 Å². The summed E-state index contributed by atoms with van der Waals surface area (Å²) in [4.78, 5) is 20.5. The van der Waals surface area contributed by atoms with Crippen LogP contribution in [0.5, 0.6) is 0 Å². The largest absolute Gasteiger partial charge is 0.353 e. The maximum Gasteiger partial charge on any atom is 0.224 e. The van der Waals surface area contributed by atoms with E-state index in [1.54, 1.807) is 0 Å². The van der Waals surface area contributed by atoms with Crippen LogP contribution in [0.2, 0.25) is 0 Å². The van der Waals surface area contributed by atoms with Crippen molar-refractivity contribution in [3.05, 3.63) is 21.9 Å². The molecule has 1 atom stereocenters. The molecule has 3 heterocycles. The fourth-order valence-electron chi connectivity index (χ4n) is 4.33. The molecular formula is C20H31N3OS. The molecule has 3 aliphatic rings. The lowest BCUT2D eigenvalue weighted by Gasteiger charge is -2.42. The third-order valence-corrected chi connectivity index (χ3v) is 6.98. The molecule has 1 amide bonds. The molecular weight excluding hydrogens is 330 g/mol. The first-order valence-corrected chi connectivity index (χ1v) is 10.8.